The molecular formula is C16H26N2. The van der Waals surface area contributed by atoms with E-state index in [9.17, 15) is 0 Å². The third-order valence-electron chi connectivity index (χ3n) is 4.10. The van der Waals surface area contributed by atoms with Crippen molar-refractivity contribution < 1.29 is 0 Å². The van der Waals surface area contributed by atoms with Crippen molar-refractivity contribution in [2.45, 2.75) is 32.7 Å². The molecule has 0 bridgehead atoms. The first-order valence-corrected chi connectivity index (χ1v) is 7.19. The van der Waals surface area contributed by atoms with Gasteiger partial charge in [-0.2, -0.15) is 0 Å². The second-order valence-electron chi connectivity index (χ2n) is 5.54. The van der Waals surface area contributed by atoms with Gasteiger partial charge in [0.25, 0.3) is 0 Å². The lowest BCUT2D eigenvalue weighted by Gasteiger charge is -2.27. The molecule has 0 aromatic heterocycles. The van der Waals surface area contributed by atoms with E-state index in [1.54, 1.807) is 0 Å². The third-order valence-corrected chi connectivity index (χ3v) is 4.10. The first-order chi connectivity index (χ1) is 8.74. The van der Waals surface area contributed by atoms with Crippen molar-refractivity contribution in [1.82, 2.24) is 10.2 Å². The van der Waals surface area contributed by atoms with Crippen LogP contribution >= 0.6 is 0 Å². The summed E-state index contributed by atoms with van der Waals surface area (Å²) in [6, 6.07) is 9.68. The molecule has 0 aliphatic carbocycles. The molecule has 1 N–H and O–H groups in total. The van der Waals surface area contributed by atoms with E-state index in [4.69, 9.17) is 0 Å². The smallest absolute Gasteiger partial charge is 0.0345 e. The fourth-order valence-corrected chi connectivity index (χ4v) is 3.09. The second-order valence-corrected chi connectivity index (χ2v) is 5.54. The van der Waals surface area contributed by atoms with Crippen LogP contribution in [0.1, 0.15) is 36.9 Å². The molecular weight excluding hydrogens is 220 g/mol. The number of rotatable bonds is 5. The first-order valence-electron chi connectivity index (χ1n) is 7.19. The lowest BCUT2D eigenvalue weighted by Crippen LogP contribution is -2.28. The quantitative estimate of drug-likeness (QED) is 0.859. The topological polar surface area (TPSA) is 15.3 Å². The van der Waals surface area contributed by atoms with Gasteiger partial charge >= 0.3 is 0 Å². The molecule has 1 aliphatic rings. The summed E-state index contributed by atoms with van der Waals surface area (Å²) in [5.74, 6) is 0.828. The van der Waals surface area contributed by atoms with Crippen LogP contribution in [0.5, 0.6) is 0 Å². The van der Waals surface area contributed by atoms with Gasteiger partial charge in [-0.3, -0.25) is 4.90 Å². The number of nitrogens with zero attached hydrogens (tertiary/aromatic N) is 1. The van der Waals surface area contributed by atoms with Crippen molar-refractivity contribution in [1.29, 1.82) is 0 Å². The van der Waals surface area contributed by atoms with Crippen LogP contribution in [0.15, 0.2) is 24.3 Å². The van der Waals surface area contributed by atoms with Gasteiger partial charge in [-0.1, -0.05) is 36.8 Å². The summed E-state index contributed by atoms with van der Waals surface area (Å²) in [5, 5.41) is 3.31. The van der Waals surface area contributed by atoms with E-state index in [-0.39, 0.29) is 0 Å². The second kappa shape index (κ2) is 6.35. The average Bonchev–Trinajstić information content (AvgIpc) is 2.82. The van der Waals surface area contributed by atoms with Gasteiger partial charge in [0.1, 0.15) is 0 Å². The maximum Gasteiger partial charge on any atom is 0.0345 e. The van der Waals surface area contributed by atoms with Crippen molar-refractivity contribution in [2.75, 3.05) is 26.7 Å². The Bertz CT molecular complexity index is 358. The van der Waals surface area contributed by atoms with Gasteiger partial charge in [-0.05, 0) is 51.4 Å². The normalized spacial score (nSPS) is 22.3. The Morgan fingerprint density at radius 2 is 2.06 bits per heavy atom. The SMILES string of the molecule is CCC(c1ccc(C)cc1)N1CCC(CNC)C1. The lowest BCUT2D eigenvalue weighted by atomic mass is 10.0. The highest BCUT2D eigenvalue weighted by Gasteiger charge is 2.27. The Hall–Kier alpha value is -0.860. The van der Waals surface area contributed by atoms with Crippen LogP contribution in [-0.4, -0.2) is 31.6 Å². The molecule has 1 heterocycles. The molecule has 1 fully saturated rings. The largest absolute Gasteiger partial charge is 0.319 e. The number of hydrogen-bond acceptors (Lipinski definition) is 2. The minimum Gasteiger partial charge on any atom is -0.319 e. The summed E-state index contributed by atoms with van der Waals surface area (Å²) in [4.78, 5) is 2.66. The molecule has 18 heavy (non-hydrogen) atoms. The molecule has 2 unspecified atom stereocenters. The van der Waals surface area contributed by atoms with Crippen molar-refractivity contribution >= 4 is 0 Å². The molecule has 1 aromatic rings. The molecule has 2 atom stereocenters. The molecule has 0 radical (unpaired) electrons. The van der Waals surface area contributed by atoms with Crippen molar-refractivity contribution in [3.63, 3.8) is 0 Å². The van der Waals surface area contributed by atoms with Crippen LogP contribution in [-0.2, 0) is 0 Å². The van der Waals surface area contributed by atoms with Gasteiger partial charge < -0.3 is 5.32 Å². The molecule has 100 valence electrons. The van der Waals surface area contributed by atoms with Crippen LogP contribution in [0.25, 0.3) is 0 Å². The number of likely N-dealkylation sites (tertiary alicyclic amines) is 1. The van der Waals surface area contributed by atoms with Crippen molar-refractivity contribution in [3.8, 4) is 0 Å². The highest BCUT2D eigenvalue weighted by Crippen LogP contribution is 2.29. The van der Waals surface area contributed by atoms with Crippen LogP contribution in [0.4, 0.5) is 0 Å². The maximum absolute atomic E-state index is 3.31. The van der Waals surface area contributed by atoms with Crippen molar-refractivity contribution in [3.05, 3.63) is 35.4 Å². The molecule has 0 saturated carbocycles. The van der Waals surface area contributed by atoms with Gasteiger partial charge in [0.15, 0.2) is 0 Å². The fourth-order valence-electron chi connectivity index (χ4n) is 3.09. The molecule has 2 nitrogen and oxygen atoms in total. The van der Waals surface area contributed by atoms with E-state index in [0.29, 0.717) is 6.04 Å². The van der Waals surface area contributed by atoms with E-state index in [0.717, 1.165) is 12.5 Å². The monoisotopic (exact) mass is 246 g/mol. The van der Waals surface area contributed by atoms with E-state index in [1.165, 1.54) is 37.1 Å². The van der Waals surface area contributed by atoms with Crippen LogP contribution in [0, 0.1) is 12.8 Å². The third kappa shape index (κ3) is 3.12. The Balaban J connectivity index is 2.03. The zero-order valence-electron chi connectivity index (χ0n) is 11.9. The molecule has 0 amide bonds. The first kappa shape index (κ1) is 13.6. The van der Waals surface area contributed by atoms with Crippen LogP contribution < -0.4 is 5.32 Å². The molecule has 1 aromatic carbocycles. The highest BCUT2D eigenvalue weighted by molar-refractivity contribution is 5.24. The predicted molar refractivity (Wildman–Crippen MR) is 77.8 cm³/mol. The Morgan fingerprint density at radius 1 is 1.33 bits per heavy atom. The predicted octanol–water partition coefficient (Wildman–Crippen LogP) is 2.99. The maximum atomic E-state index is 3.31. The number of benzene rings is 1. The van der Waals surface area contributed by atoms with Crippen molar-refractivity contribution in [2.24, 2.45) is 5.92 Å². The van der Waals surface area contributed by atoms with Gasteiger partial charge in [0, 0.05) is 12.6 Å². The van der Waals surface area contributed by atoms with E-state index in [2.05, 4.69) is 55.4 Å². The standard InChI is InChI=1S/C16H26N2/c1-4-16(15-7-5-13(2)6-8-15)18-10-9-14(12-18)11-17-3/h5-8,14,16-17H,4,9-12H2,1-3H3. The van der Waals surface area contributed by atoms with Gasteiger partial charge in [0.05, 0.1) is 0 Å². The lowest BCUT2D eigenvalue weighted by molar-refractivity contribution is 0.230. The highest BCUT2D eigenvalue weighted by atomic mass is 15.2. The molecule has 2 rings (SSSR count). The molecule has 0 spiro atoms. The van der Waals surface area contributed by atoms with Gasteiger partial charge in [0.2, 0.25) is 0 Å². The number of nitrogens with one attached hydrogen (secondary N) is 1. The number of hydrogen-bond donors (Lipinski definition) is 1. The summed E-state index contributed by atoms with van der Waals surface area (Å²) in [6.45, 7) is 8.10. The van der Waals surface area contributed by atoms with E-state index < -0.39 is 0 Å². The summed E-state index contributed by atoms with van der Waals surface area (Å²) in [6.07, 6.45) is 2.54. The summed E-state index contributed by atoms with van der Waals surface area (Å²) in [5.41, 5.74) is 2.83. The summed E-state index contributed by atoms with van der Waals surface area (Å²) >= 11 is 0. The van der Waals surface area contributed by atoms with Gasteiger partial charge in [-0.15, -0.1) is 0 Å². The molecule has 1 aliphatic heterocycles. The summed E-state index contributed by atoms with van der Waals surface area (Å²) in [7, 11) is 2.06. The minimum absolute atomic E-state index is 0.604. The van der Waals surface area contributed by atoms with E-state index in [1.807, 2.05) is 0 Å². The Morgan fingerprint density at radius 3 is 2.67 bits per heavy atom. The average molecular weight is 246 g/mol. The summed E-state index contributed by atoms with van der Waals surface area (Å²) < 4.78 is 0. The molecule has 2 heteroatoms. The fraction of sp³-hybridized carbons (Fsp3) is 0.625. The number of aryl methyl sites for hydroxylation is 1. The van der Waals surface area contributed by atoms with Crippen LogP contribution in [0.2, 0.25) is 0 Å². The minimum atomic E-state index is 0.604. The van der Waals surface area contributed by atoms with E-state index >= 15 is 0 Å². The molecule has 1 saturated heterocycles. The zero-order chi connectivity index (χ0) is 13.0. The van der Waals surface area contributed by atoms with Gasteiger partial charge in [-0.25, -0.2) is 0 Å². The Kier molecular flexibility index (Phi) is 4.79. The Labute approximate surface area is 111 Å². The zero-order valence-corrected chi connectivity index (χ0v) is 11.9. The van der Waals surface area contributed by atoms with Crippen LogP contribution in [0.3, 0.4) is 0 Å².